The van der Waals surface area contributed by atoms with Crippen molar-refractivity contribution >= 4 is 11.7 Å². The van der Waals surface area contributed by atoms with Crippen LogP contribution in [0.15, 0.2) is 34.9 Å². The zero-order chi connectivity index (χ0) is 11.5. The Balaban J connectivity index is 2.45. The van der Waals surface area contributed by atoms with Gasteiger partial charge in [0, 0.05) is 5.56 Å². The van der Waals surface area contributed by atoms with Gasteiger partial charge in [-0.25, -0.2) is 4.79 Å². The molecule has 16 heavy (non-hydrogen) atoms. The number of nitrogens with zero attached hydrogens (tertiary/aromatic N) is 1. The Kier molecular flexibility index (Phi) is 2.59. The molecule has 2 aromatic rings. The molecule has 0 aliphatic carbocycles. The van der Waals surface area contributed by atoms with Gasteiger partial charge in [-0.1, -0.05) is 35.5 Å². The van der Waals surface area contributed by atoms with Crippen LogP contribution in [0.5, 0.6) is 0 Å². The van der Waals surface area contributed by atoms with Gasteiger partial charge in [-0.15, -0.1) is 0 Å². The lowest BCUT2D eigenvalue weighted by molar-refractivity contribution is 0.0556. The first kappa shape index (κ1) is 10.2. The SMILES string of the molecule is COC(=O)c1onc(-c2ccccc2)c1N. The van der Waals surface area contributed by atoms with Crippen LogP contribution in [0.25, 0.3) is 11.3 Å². The van der Waals surface area contributed by atoms with Crippen molar-refractivity contribution in [3.05, 3.63) is 36.1 Å². The van der Waals surface area contributed by atoms with Crippen LogP contribution in [0.3, 0.4) is 0 Å². The monoisotopic (exact) mass is 218 g/mol. The fourth-order valence-corrected chi connectivity index (χ4v) is 1.34. The maximum atomic E-state index is 11.2. The lowest BCUT2D eigenvalue weighted by atomic mass is 10.1. The molecule has 0 radical (unpaired) electrons. The van der Waals surface area contributed by atoms with E-state index in [0.29, 0.717) is 5.69 Å². The highest BCUT2D eigenvalue weighted by Gasteiger charge is 2.21. The Morgan fingerprint density at radius 1 is 1.38 bits per heavy atom. The van der Waals surface area contributed by atoms with Crippen molar-refractivity contribution < 1.29 is 14.1 Å². The van der Waals surface area contributed by atoms with Crippen LogP contribution in [0.4, 0.5) is 5.69 Å². The van der Waals surface area contributed by atoms with E-state index in [-0.39, 0.29) is 11.4 Å². The van der Waals surface area contributed by atoms with E-state index in [2.05, 4.69) is 9.89 Å². The number of nitrogen functional groups attached to an aromatic ring is 1. The van der Waals surface area contributed by atoms with E-state index in [1.807, 2.05) is 30.3 Å². The standard InChI is InChI=1S/C11H10N2O3/c1-15-11(14)10-8(12)9(13-16-10)7-5-3-2-4-6-7/h2-6H,12H2,1H3. The quantitative estimate of drug-likeness (QED) is 0.776. The minimum atomic E-state index is -0.632. The van der Waals surface area contributed by atoms with Gasteiger partial charge >= 0.3 is 5.97 Å². The van der Waals surface area contributed by atoms with E-state index in [0.717, 1.165) is 5.56 Å². The number of anilines is 1. The Bertz CT molecular complexity index is 505. The summed E-state index contributed by atoms with van der Waals surface area (Å²) in [7, 11) is 1.26. The highest BCUT2D eigenvalue weighted by atomic mass is 16.5. The first-order valence-electron chi connectivity index (χ1n) is 4.63. The number of nitrogens with two attached hydrogens (primary N) is 1. The van der Waals surface area contributed by atoms with Gasteiger partial charge in [0.25, 0.3) is 5.76 Å². The van der Waals surface area contributed by atoms with Gasteiger partial charge < -0.3 is 15.0 Å². The minimum absolute atomic E-state index is 0.0682. The highest BCUT2D eigenvalue weighted by molar-refractivity contribution is 5.95. The third-order valence-electron chi connectivity index (χ3n) is 2.15. The largest absolute Gasteiger partial charge is 0.463 e. The topological polar surface area (TPSA) is 78.3 Å². The molecule has 2 rings (SSSR count). The predicted octanol–water partition coefficient (Wildman–Crippen LogP) is 1.71. The van der Waals surface area contributed by atoms with E-state index >= 15 is 0 Å². The van der Waals surface area contributed by atoms with E-state index < -0.39 is 5.97 Å². The number of rotatable bonds is 2. The first-order chi connectivity index (χ1) is 7.74. The van der Waals surface area contributed by atoms with Gasteiger partial charge in [0.15, 0.2) is 0 Å². The van der Waals surface area contributed by atoms with Crippen molar-refractivity contribution in [1.82, 2.24) is 5.16 Å². The molecule has 1 aromatic heterocycles. The summed E-state index contributed by atoms with van der Waals surface area (Å²) in [6, 6.07) is 9.23. The molecule has 0 aliphatic heterocycles. The summed E-state index contributed by atoms with van der Waals surface area (Å²) in [5.74, 6) is -0.700. The highest BCUT2D eigenvalue weighted by Crippen LogP contribution is 2.27. The average molecular weight is 218 g/mol. The summed E-state index contributed by atoms with van der Waals surface area (Å²) in [6.07, 6.45) is 0. The number of hydrogen-bond donors (Lipinski definition) is 1. The molecule has 0 fully saturated rings. The molecule has 1 heterocycles. The molecule has 0 aliphatic rings. The minimum Gasteiger partial charge on any atom is -0.463 e. The number of carbonyl (C=O) groups is 1. The number of carbonyl (C=O) groups excluding carboxylic acids is 1. The average Bonchev–Trinajstić information content (AvgIpc) is 2.71. The van der Waals surface area contributed by atoms with Gasteiger partial charge in [-0.3, -0.25) is 0 Å². The number of hydrogen-bond acceptors (Lipinski definition) is 5. The smallest absolute Gasteiger partial charge is 0.379 e. The van der Waals surface area contributed by atoms with Crippen molar-refractivity contribution in [2.75, 3.05) is 12.8 Å². The molecule has 0 bridgehead atoms. The molecule has 5 nitrogen and oxygen atoms in total. The summed E-state index contributed by atoms with van der Waals surface area (Å²) >= 11 is 0. The number of benzene rings is 1. The summed E-state index contributed by atoms with van der Waals surface area (Å²) in [5, 5.41) is 3.75. The zero-order valence-corrected chi connectivity index (χ0v) is 8.64. The van der Waals surface area contributed by atoms with E-state index in [1.165, 1.54) is 7.11 Å². The fourth-order valence-electron chi connectivity index (χ4n) is 1.34. The first-order valence-corrected chi connectivity index (χ1v) is 4.63. The molecular formula is C11H10N2O3. The molecule has 0 amide bonds. The summed E-state index contributed by atoms with van der Waals surface area (Å²) < 4.78 is 9.37. The van der Waals surface area contributed by atoms with Crippen molar-refractivity contribution in [2.24, 2.45) is 0 Å². The molecule has 5 heteroatoms. The molecule has 0 atom stereocenters. The Morgan fingerprint density at radius 2 is 2.06 bits per heavy atom. The van der Waals surface area contributed by atoms with E-state index in [4.69, 9.17) is 10.3 Å². The molecule has 1 aromatic carbocycles. The number of ether oxygens (including phenoxy) is 1. The normalized spacial score (nSPS) is 10.1. The third kappa shape index (κ3) is 1.63. The summed E-state index contributed by atoms with van der Waals surface area (Å²) in [6.45, 7) is 0. The van der Waals surface area contributed by atoms with Crippen molar-refractivity contribution in [3.8, 4) is 11.3 Å². The zero-order valence-electron chi connectivity index (χ0n) is 8.64. The number of esters is 1. The predicted molar refractivity (Wildman–Crippen MR) is 57.7 cm³/mol. The van der Waals surface area contributed by atoms with Crippen LogP contribution in [0.2, 0.25) is 0 Å². The van der Waals surface area contributed by atoms with Crippen molar-refractivity contribution in [3.63, 3.8) is 0 Å². The van der Waals surface area contributed by atoms with E-state index in [1.54, 1.807) is 0 Å². The molecule has 0 unspecified atom stereocenters. The van der Waals surface area contributed by atoms with Crippen LogP contribution < -0.4 is 5.73 Å². The Labute approximate surface area is 91.8 Å². The third-order valence-corrected chi connectivity index (χ3v) is 2.15. The number of methoxy groups -OCH3 is 1. The van der Waals surface area contributed by atoms with Crippen molar-refractivity contribution in [2.45, 2.75) is 0 Å². The maximum absolute atomic E-state index is 11.2. The lowest BCUT2D eigenvalue weighted by Gasteiger charge is -1.96. The second-order valence-corrected chi connectivity index (χ2v) is 3.13. The van der Waals surface area contributed by atoms with Gasteiger partial charge in [0.05, 0.1) is 7.11 Å². The van der Waals surface area contributed by atoms with Crippen LogP contribution in [0.1, 0.15) is 10.6 Å². The molecule has 0 saturated carbocycles. The van der Waals surface area contributed by atoms with E-state index in [9.17, 15) is 4.79 Å². The van der Waals surface area contributed by atoms with Gasteiger partial charge in [-0.2, -0.15) is 0 Å². The Morgan fingerprint density at radius 3 is 2.69 bits per heavy atom. The fraction of sp³-hybridized carbons (Fsp3) is 0.0909. The van der Waals surface area contributed by atoms with Crippen LogP contribution in [0, 0.1) is 0 Å². The molecule has 2 N–H and O–H groups in total. The summed E-state index contributed by atoms with van der Waals surface area (Å²) in [5.41, 5.74) is 7.18. The van der Waals surface area contributed by atoms with Crippen LogP contribution in [-0.4, -0.2) is 18.2 Å². The molecule has 0 saturated heterocycles. The lowest BCUT2D eigenvalue weighted by Crippen LogP contribution is -2.03. The Hall–Kier alpha value is -2.30. The van der Waals surface area contributed by atoms with Gasteiger partial charge in [0.2, 0.25) is 0 Å². The molecular weight excluding hydrogens is 208 g/mol. The molecule has 82 valence electrons. The maximum Gasteiger partial charge on any atom is 0.379 e. The second kappa shape index (κ2) is 4.06. The van der Waals surface area contributed by atoms with Crippen molar-refractivity contribution in [1.29, 1.82) is 0 Å². The van der Waals surface area contributed by atoms with Gasteiger partial charge in [-0.05, 0) is 0 Å². The number of aromatic nitrogens is 1. The van der Waals surface area contributed by atoms with Gasteiger partial charge in [0.1, 0.15) is 11.4 Å². The second-order valence-electron chi connectivity index (χ2n) is 3.13. The molecule has 0 spiro atoms. The van der Waals surface area contributed by atoms with Crippen LogP contribution in [-0.2, 0) is 4.74 Å². The van der Waals surface area contributed by atoms with Crippen LogP contribution >= 0.6 is 0 Å². The summed E-state index contributed by atoms with van der Waals surface area (Å²) in [4.78, 5) is 11.2.